The average Bonchev–Trinajstić information content (AvgIpc) is 2.94. The van der Waals surface area contributed by atoms with E-state index in [1.807, 2.05) is 10.9 Å². The Bertz CT molecular complexity index is 776. The highest BCUT2D eigenvalue weighted by Crippen LogP contribution is 2.32. The predicted octanol–water partition coefficient (Wildman–Crippen LogP) is 3.14. The van der Waals surface area contributed by atoms with Crippen LogP contribution in [0.3, 0.4) is 0 Å². The van der Waals surface area contributed by atoms with E-state index in [0.29, 0.717) is 0 Å². The number of hydrogen-bond donors (Lipinski definition) is 2. The molecule has 0 radical (unpaired) electrons. The van der Waals surface area contributed by atoms with Crippen LogP contribution in [-0.4, -0.2) is 21.2 Å². The molecule has 3 N–H and O–H groups in total. The summed E-state index contributed by atoms with van der Waals surface area (Å²) in [6.45, 7) is 7.69. The van der Waals surface area contributed by atoms with Gasteiger partial charge in [0.2, 0.25) is 5.91 Å². The lowest BCUT2D eigenvalue weighted by Crippen LogP contribution is -2.50. The van der Waals surface area contributed by atoms with Crippen LogP contribution in [0.25, 0.3) is 5.69 Å². The van der Waals surface area contributed by atoms with Crippen molar-refractivity contribution >= 4 is 18.3 Å². The summed E-state index contributed by atoms with van der Waals surface area (Å²) in [5, 5.41) is 7.71. The molecular formula is C19H27ClN4O. The first kappa shape index (κ1) is 19.5. The molecule has 5 nitrogen and oxygen atoms in total. The van der Waals surface area contributed by atoms with Crippen molar-refractivity contribution in [3.8, 4) is 5.69 Å². The van der Waals surface area contributed by atoms with Gasteiger partial charge >= 0.3 is 0 Å². The monoisotopic (exact) mass is 362 g/mol. The number of nitrogens with zero attached hydrogens (tertiary/aromatic N) is 2. The van der Waals surface area contributed by atoms with Gasteiger partial charge in [-0.2, -0.15) is 5.10 Å². The fourth-order valence-electron chi connectivity index (χ4n) is 3.22. The fraction of sp³-hybridized carbons (Fsp3) is 0.474. The number of nitrogens with one attached hydrogen (secondary N) is 1. The molecule has 0 saturated carbocycles. The lowest BCUT2D eigenvalue weighted by atomic mass is 9.92. The Morgan fingerprint density at radius 1 is 1.36 bits per heavy atom. The highest BCUT2D eigenvalue weighted by atomic mass is 35.5. The Morgan fingerprint density at radius 3 is 2.76 bits per heavy atom. The van der Waals surface area contributed by atoms with E-state index >= 15 is 0 Å². The van der Waals surface area contributed by atoms with Crippen molar-refractivity contribution in [2.45, 2.75) is 58.5 Å². The maximum atomic E-state index is 12.3. The molecule has 1 aromatic carbocycles. The first-order valence-electron chi connectivity index (χ1n) is 8.52. The number of aryl methyl sites for hydroxylation is 1. The normalized spacial score (nSPS) is 16.8. The molecular weight excluding hydrogens is 336 g/mol. The molecule has 3 rings (SSSR count). The summed E-state index contributed by atoms with van der Waals surface area (Å²) in [5.74, 6) is -0.125. The minimum absolute atomic E-state index is 0. The van der Waals surface area contributed by atoms with Crippen molar-refractivity contribution in [1.82, 2.24) is 15.1 Å². The van der Waals surface area contributed by atoms with E-state index in [1.165, 1.54) is 16.8 Å². The molecule has 0 saturated heterocycles. The zero-order valence-corrected chi connectivity index (χ0v) is 16.1. The van der Waals surface area contributed by atoms with Crippen LogP contribution in [0.15, 0.2) is 24.4 Å². The van der Waals surface area contributed by atoms with Crippen LogP contribution in [0.1, 0.15) is 55.1 Å². The van der Waals surface area contributed by atoms with Gasteiger partial charge < -0.3 is 11.1 Å². The molecule has 136 valence electrons. The smallest absolute Gasteiger partial charge is 0.239 e. The quantitative estimate of drug-likeness (QED) is 0.880. The third-order valence-corrected chi connectivity index (χ3v) is 4.88. The molecule has 1 amide bonds. The minimum Gasteiger partial charge on any atom is -0.348 e. The SMILES string of the molecule is Cc1cccc(-n2ncc3c2CCCC3NC(=O)C(C)(C)N)c1C.Cl. The van der Waals surface area contributed by atoms with Crippen molar-refractivity contribution in [3.05, 3.63) is 46.8 Å². The summed E-state index contributed by atoms with van der Waals surface area (Å²) < 4.78 is 2.03. The number of halogens is 1. The Labute approximate surface area is 155 Å². The molecule has 1 heterocycles. The number of fused-ring (bicyclic) bond motifs is 1. The molecule has 0 aliphatic heterocycles. The Balaban J connectivity index is 0.00000225. The Kier molecular flexibility index (Phi) is 5.59. The van der Waals surface area contributed by atoms with E-state index in [4.69, 9.17) is 5.73 Å². The van der Waals surface area contributed by atoms with Crippen LogP contribution >= 0.6 is 12.4 Å². The van der Waals surface area contributed by atoms with E-state index in [1.54, 1.807) is 13.8 Å². The Morgan fingerprint density at radius 2 is 2.08 bits per heavy atom. The van der Waals surface area contributed by atoms with Crippen molar-refractivity contribution < 1.29 is 4.79 Å². The van der Waals surface area contributed by atoms with E-state index in [2.05, 4.69) is 42.5 Å². The zero-order valence-electron chi connectivity index (χ0n) is 15.3. The third-order valence-electron chi connectivity index (χ3n) is 4.88. The maximum Gasteiger partial charge on any atom is 0.239 e. The van der Waals surface area contributed by atoms with Crippen LogP contribution in [0.5, 0.6) is 0 Å². The van der Waals surface area contributed by atoms with Gasteiger partial charge in [0, 0.05) is 11.3 Å². The standard InChI is InChI=1S/C19H26N4O.ClH/c1-12-7-5-9-16(13(12)2)23-17-10-6-8-15(14(17)11-21-23)22-18(24)19(3,4)20;/h5,7,9,11,15H,6,8,10,20H2,1-4H3,(H,22,24);1H. The first-order valence-corrected chi connectivity index (χ1v) is 8.52. The first-order chi connectivity index (χ1) is 11.3. The van der Waals surface area contributed by atoms with Gasteiger partial charge in [0.05, 0.1) is 23.5 Å². The minimum atomic E-state index is -0.874. The van der Waals surface area contributed by atoms with Crippen LogP contribution in [0, 0.1) is 13.8 Å². The van der Waals surface area contributed by atoms with Gasteiger partial charge in [-0.3, -0.25) is 4.79 Å². The van der Waals surface area contributed by atoms with Gasteiger partial charge in [0.25, 0.3) is 0 Å². The molecule has 1 aromatic heterocycles. The molecule has 2 aromatic rings. The molecule has 6 heteroatoms. The van der Waals surface area contributed by atoms with Crippen LogP contribution in [-0.2, 0) is 11.2 Å². The second-order valence-electron chi connectivity index (χ2n) is 7.32. The number of carbonyl (C=O) groups excluding carboxylic acids is 1. The molecule has 1 atom stereocenters. The summed E-state index contributed by atoms with van der Waals surface area (Å²) >= 11 is 0. The predicted molar refractivity (Wildman–Crippen MR) is 102 cm³/mol. The van der Waals surface area contributed by atoms with Gasteiger partial charge in [0.15, 0.2) is 0 Å². The molecule has 0 fully saturated rings. The molecule has 25 heavy (non-hydrogen) atoms. The molecule has 1 unspecified atom stereocenters. The van der Waals surface area contributed by atoms with Crippen molar-refractivity contribution in [2.24, 2.45) is 5.73 Å². The summed E-state index contributed by atoms with van der Waals surface area (Å²) in [6.07, 6.45) is 4.82. The van der Waals surface area contributed by atoms with E-state index in [9.17, 15) is 4.79 Å². The van der Waals surface area contributed by atoms with Crippen molar-refractivity contribution in [1.29, 1.82) is 0 Å². The molecule has 1 aliphatic carbocycles. The van der Waals surface area contributed by atoms with Crippen molar-refractivity contribution in [2.75, 3.05) is 0 Å². The summed E-state index contributed by atoms with van der Waals surface area (Å²) in [4.78, 5) is 12.3. The highest BCUT2D eigenvalue weighted by molar-refractivity contribution is 5.85. The van der Waals surface area contributed by atoms with Crippen LogP contribution in [0.4, 0.5) is 0 Å². The van der Waals surface area contributed by atoms with Gasteiger partial charge in [-0.1, -0.05) is 12.1 Å². The second-order valence-corrected chi connectivity index (χ2v) is 7.32. The molecule has 1 aliphatic rings. The number of carbonyl (C=O) groups is 1. The third kappa shape index (κ3) is 3.72. The van der Waals surface area contributed by atoms with Crippen molar-refractivity contribution in [3.63, 3.8) is 0 Å². The number of benzene rings is 1. The van der Waals surface area contributed by atoms with E-state index in [0.717, 1.165) is 30.5 Å². The van der Waals surface area contributed by atoms with Gasteiger partial charge in [-0.05, 0) is 64.2 Å². The summed E-state index contributed by atoms with van der Waals surface area (Å²) in [7, 11) is 0. The lowest BCUT2D eigenvalue weighted by Gasteiger charge is -2.27. The number of amides is 1. The van der Waals surface area contributed by atoms with Gasteiger partial charge in [0.1, 0.15) is 0 Å². The zero-order chi connectivity index (χ0) is 17.5. The largest absolute Gasteiger partial charge is 0.348 e. The van der Waals surface area contributed by atoms with E-state index < -0.39 is 5.54 Å². The van der Waals surface area contributed by atoms with Crippen LogP contribution in [0.2, 0.25) is 0 Å². The van der Waals surface area contributed by atoms with Crippen LogP contribution < -0.4 is 11.1 Å². The molecule has 0 bridgehead atoms. The van der Waals surface area contributed by atoms with Gasteiger partial charge in [-0.25, -0.2) is 4.68 Å². The fourth-order valence-corrected chi connectivity index (χ4v) is 3.22. The van der Waals surface area contributed by atoms with E-state index in [-0.39, 0.29) is 24.4 Å². The number of nitrogens with two attached hydrogens (primary N) is 1. The number of rotatable bonds is 3. The average molecular weight is 363 g/mol. The topological polar surface area (TPSA) is 72.9 Å². The Hall–Kier alpha value is -1.85. The molecule has 0 spiro atoms. The summed E-state index contributed by atoms with van der Waals surface area (Å²) in [6, 6.07) is 6.26. The maximum absolute atomic E-state index is 12.3. The second kappa shape index (κ2) is 7.18. The number of hydrogen-bond acceptors (Lipinski definition) is 3. The van der Waals surface area contributed by atoms with Gasteiger partial charge in [-0.15, -0.1) is 12.4 Å². The summed E-state index contributed by atoms with van der Waals surface area (Å²) in [5.41, 5.74) is 10.9. The lowest BCUT2D eigenvalue weighted by molar-refractivity contribution is -0.126. The number of aromatic nitrogens is 2. The highest BCUT2D eigenvalue weighted by Gasteiger charge is 2.30.